The predicted octanol–water partition coefficient (Wildman–Crippen LogP) is 1.98. The fraction of sp³-hybridized carbons (Fsp3) is 0.0455. The van der Waals surface area contributed by atoms with E-state index in [-0.39, 0.29) is 17.7 Å². The molecule has 0 radical (unpaired) electrons. The lowest BCUT2D eigenvalue weighted by molar-refractivity contribution is 0.100. The molecule has 158 valence electrons. The normalized spacial score (nSPS) is 11.4. The van der Waals surface area contributed by atoms with Gasteiger partial charge >= 0.3 is 0 Å². The second-order valence-corrected chi connectivity index (χ2v) is 6.53. The predicted molar refractivity (Wildman–Crippen MR) is 115 cm³/mol. The summed E-state index contributed by atoms with van der Waals surface area (Å²) in [6, 6.07) is 18.4. The highest BCUT2D eigenvalue weighted by Gasteiger charge is 2.20. The molecule has 1 aliphatic rings. The van der Waals surface area contributed by atoms with Crippen LogP contribution in [0.4, 0.5) is 0 Å². The fourth-order valence-electron chi connectivity index (χ4n) is 3.25. The Morgan fingerprint density at radius 3 is 2.39 bits per heavy atom. The van der Waals surface area contributed by atoms with Crippen molar-refractivity contribution in [3.05, 3.63) is 72.4 Å². The number of aromatic nitrogens is 3. The zero-order valence-electron chi connectivity index (χ0n) is 16.3. The zero-order valence-corrected chi connectivity index (χ0v) is 16.3. The molecule has 0 saturated carbocycles. The van der Waals surface area contributed by atoms with E-state index in [9.17, 15) is 4.79 Å². The summed E-state index contributed by atoms with van der Waals surface area (Å²) in [7, 11) is 0. The Morgan fingerprint density at radius 2 is 1.68 bits per heavy atom. The molecule has 1 aliphatic heterocycles. The number of hydrogen-bond acceptors (Lipinski definition) is 5. The molecule has 5 rings (SSSR count). The van der Waals surface area contributed by atoms with Crippen LogP contribution < -0.4 is 15.2 Å². The maximum absolute atomic E-state index is 11.3. The molecule has 0 fully saturated rings. The van der Waals surface area contributed by atoms with Crippen molar-refractivity contribution >= 4 is 5.91 Å². The number of aromatic amines is 1. The monoisotopic (exact) mass is 420 g/mol. The van der Waals surface area contributed by atoms with Crippen LogP contribution in [-0.2, 0) is 0 Å². The molecule has 31 heavy (non-hydrogen) atoms. The number of primary amides is 1. The Kier molecular flexibility index (Phi) is 6.00. The molecular weight excluding hydrogens is 400 g/mol. The molecule has 9 nitrogen and oxygen atoms in total. The van der Waals surface area contributed by atoms with Crippen LogP contribution in [0.1, 0.15) is 10.4 Å². The number of nitrogens with zero attached hydrogens (tertiary/aromatic N) is 2. The quantitative estimate of drug-likeness (QED) is 0.514. The van der Waals surface area contributed by atoms with Crippen LogP contribution in [-0.4, -0.2) is 38.6 Å². The maximum atomic E-state index is 11.3. The number of fused-ring (bicyclic) bond motifs is 1. The van der Waals surface area contributed by atoms with Crippen molar-refractivity contribution in [3.63, 3.8) is 0 Å². The largest absolute Gasteiger partial charge is 0.454 e. The van der Waals surface area contributed by atoms with Gasteiger partial charge in [-0.3, -0.25) is 9.78 Å². The molecule has 0 saturated heterocycles. The highest BCUT2D eigenvalue weighted by atomic mass is 16.7. The molecule has 9 heteroatoms. The fourth-order valence-corrected chi connectivity index (χ4v) is 3.25. The molecule has 0 bridgehead atoms. The molecule has 3 heterocycles. The number of carbonyl (C=O) groups excluding carboxylic acids is 1. The molecule has 0 spiro atoms. The molecular formula is C22H20N4O5. The average Bonchev–Trinajstić information content (AvgIpc) is 3.41. The summed E-state index contributed by atoms with van der Waals surface area (Å²) in [5.41, 5.74) is 9.80. The zero-order chi connectivity index (χ0) is 19.8. The van der Waals surface area contributed by atoms with Crippen LogP contribution in [0.3, 0.4) is 0 Å². The molecule has 0 aliphatic carbocycles. The van der Waals surface area contributed by atoms with Gasteiger partial charge in [-0.15, -0.1) is 0 Å². The third-order valence-electron chi connectivity index (χ3n) is 4.71. The summed E-state index contributed by atoms with van der Waals surface area (Å²) in [6.45, 7) is 0.212. The molecule has 0 atom stereocenters. The van der Waals surface area contributed by atoms with Crippen molar-refractivity contribution in [3.8, 4) is 45.5 Å². The van der Waals surface area contributed by atoms with Crippen LogP contribution in [0.5, 0.6) is 11.5 Å². The first-order chi connectivity index (χ1) is 14.2. The molecule has 0 unspecified atom stereocenters. The first-order valence-electron chi connectivity index (χ1n) is 9.01. The van der Waals surface area contributed by atoms with Crippen LogP contribution in [0, 0.1) is 0 Å². The smallest absolute Gasteiger partial charge is 0.248 e. The number of nitrogens with two attached hydrogens (primary N) is 1. The number of rotatable bonds is 4. The standard InChI is InChI=1S/C22H16N4O3.2H2O/c23-21(27)13-4-6-14(7-5-13)22-25-19(20(26-22)16-3-1-2-10-24-16)15-8-9-17-18(11-15)29-12-28-17;;/h1-11H,12H2,(H2,23,27)(H,25,26);2*1H2. The van der Waals surface area contributed by atoms with Gasteiger partial charge in [-0.2, -0.15) is 0 Å². The minimum Gasteiger partial charge on any atom is -0.454 e. The summed E-state index contributed by atoms with van der Waals surface area (Å²) in [4.78, 5) is 24.0. The summed E-state index contributed by atoms with van der Waals surface area (Å²) >= 11 is 0. The summed E-state index contributed by atoms with van der Waals surface area (Å²) in [5, 5.41) is 0. The SMILES string of the molecule is NC(=O)c1ccc(-c2nc(-c3ccc4c(c3)OCO4)c(-c3ccccn3)[nH]2)cc1.O.O. The number of H-pyrrole nitrogens is 1. The first kappa shape index (κ1) is 21.5. The van der Waals surface area contributed by atoms with Gasteiger partial charge in [-0.05, 0) is 42.5 Å². The number of ether oxygens (including phenoxy) is 2. The van der Waals surface area contributed by atoms with E-state index in [2.05, 4.69) is 9.97 Å². The third-order valence-corrected chi connectivity index (χ3v) is 4.71. The second kappa shape index (κ2) is 8.66. The van der Waals surface area contributed by atoms with Gasteiger partial charge in [0.1, 0.15) is 5.82 Å². The van der Waals surface area contributed by atoms with Crippen molar-refractivity contribution in [2.75, 3.05) is 6.79 Å². The minimum absolute atomic E-state index is 0. The van der Waals surface area contributed by atoms with Crippen molar-refractivity contribution in [1.82, 2.24) is 15.0 Å². The number of nitrogens with one attached hydrogen (secondary N) is 1. The highest BCUT2D eigenvalue weighted by Crippen LogP contribution is 2.38. The Bertz CT molecular complexity index is 1210. The third kappa shape index (κ3) is 3.95. The van der Waals surface area contributed by atoms with E-state index in [1.165, 1.54) is 0 Å². The molecule has 1 amide bonds. The van der Waals surface area contributed by atoms with Crippen molar-refractivity contribution in [2.45, 2.75) is 0 Å². The van der Waals surface area contributed by atoms with Crippen LogP contribution in [0.2, 0.25) is 0 Å². The van der Waals surface area contributed by atoms with E-state index in [1.54, 1.807) is 18.3 Å². The van der Waals surface area contributed by atoms with E-state index in [1.807, 2.05) is 48.5 Å². The van der Waals surface area contributed by atoms with Gasteiger partial charge in [-0.25, -0.2) is 4.98 Å². The Morgan fingerprint density at radius 1 is 0.935 bits per heavy atom. The number of carbonyl (C=O) groups is 1. The number of amides is 1. The van der Waals surface area contributed by atoms with Gasteiger partial charge in [-0.1, -0.05) is 18.2 Å². The summed E-state index contributed by atoms with van der Waals surface area (Å²) in [5.74, 6) is 1.59. The van der Waals surface area contributed by atoms with E-state index >= 15 is 0 Å². The van der Waals surface area contributed by atoms with Crippen molar-refractivity contribution in [2.24, 2.45) is 5.73 Å². The minimum atomic E-state index is -0.466. The lowest BCUT2D eigenvalue weighted by Crippen LogP contribution is -2.10. The Labute approximate surface area is 177 Å². The van der Waals surface area contributed by atoms with Gasteiger partial charge in [0.05, 0.1) is 17.1 Å². The van der Waals surface area contributed by atoms with Gasteiger partial charge in [0, 0.05) is 22.9 Å². The van der Waals surface area contributed by atoms with E-state index < -0.39 is 5.91 Å². The summed E-state index contributed by atoms with van der Waals surface area (Å²) in [6.07, 6.45) is 1.74. The topological polar surface area (TPSA) is 166 Å². The van der Waals surface area contributed by atoms with E-state index in [4.69, 9.17) is 20.2 Å². The second-order valence-electron chi connectivity index (χ2n) is 6.53. The van der Waals surface area contributed by atoms with Crippen molar-refractivity contribution < 1.29 is 25.2 Å². The van der Waals surface area contributed by atoms with Crippen LogP contribution in [0.15, 0.2) is 66.9 Å². The molecule has 4 aromatic rings. The Balaban J connectivity index is 0.00000136. The van der Waals surface area contributed by atoms with Gasteiger partial charge < -0.3 is 31.1 Å². The van der Waals surface area contributed by atoms with Crippen LogP contribution >= 0.6 is 0 Å². The van der Waals surface area contributed by atoms with Gasteiger partial charge in [0.2, 0.25) is 12.7 Å². The number of benzene rings is 2. The number of pyridine rings is 1. The van der Waals surface area contributed by atoms with Crippen molar-refractivity contribution in [1.29, 1.82) is 0 Å². The summed E-state index contributed by atoms with van der Waals surface area (Å²) < 4.78 is 10.9. The number of hydrogen-bond donors (Lipinski definition) is 2. The molecule has 2 aromatic heterocycles. The Hall–Kier alpha value is -4.21. The highest BCUT2D eigenvalue weighted by molar-refractivity contribution is 5.93. The maximum Gasteiger partial charge on any atom is 0.248 e. The van der Waals surface area contributed by atoms with Gasteiger partial charge in [0.15, 0.2) is 11.5 Å². The van der Waals surface area contributed by atoms with Gasteiger partial charge in [0.25, 0.3) is 0 Å². The number of imidazole rings is 1. The van der Waals surface area contributed by atoms with E-state index in [0.29, 0.717) is 22.9 Å². The first-order valence-corrected chi connectivity index (χ1v) is 9.01. The van der Waals surface area contributed by atoms with Crippen LogP contribution in [0.25, 0.3) is 34.0 Å². The lowest BCUT2D eigenvalue weighted by Gasteiger charge is -2.03. The lowest BCUT2D eigenvalue weighted by atomic mass is 10.1. The average molecular weight is 420 g/mol. The van der Waals surface area contributed by atoms with E-state index in [0.717, 1.165) is 28.2 Å². The molecule has 7 N–H and O–H groups in total. The molecule has 2 aromatic carbocycles.